The minimum absolute atomic E-state index is 0.0214. The van der Waals surface area contributed by atoms with Crippen molar-refractivity contribution < 1.29 is 19.4 Å². The van der Waals surface area contributed by atoms with E-state index in [1.165, 1.54) is 18.2 Å². The van der Waals surface area contributed by atoms with Gasteiger partial charge in [-0.2, -0.15) is 0 Å². The molecule has 0 aliphatic heterocycles. The molecular weight excluding hydrogens is 303 g/mol. The summed E-state index contributed by atoms with van der Waals surface area (Å²) >= 11 is 3.05. The predicted octanol–water partition coefficient (Wildman–Crippen LogP) is 3.51. The first-order chi connectivity index (χ1) is 8.21. The van der Waals surface area contributed by atoms with E-state index in [4.69, 9.17) is 5.11 Å². The molecule has 0 aliphatic rings. The summed E-state index contributed by atoms with van der Waals surface area (Å²) in [6, 6.07) is 4.28. The number of aliphatic hydroxyl groups is 1. The molecule has 0 saturated heterocycles. The summed E-state index contributed by atoms with van der Waals surface area (Å²) in [6.07, 6.45) is -0.527. The molecule has 0 aliphatic carbocycles. The number of hydrogen-bond acceptors (Lipinski definition) is 2. The molecule has 0 spiro atoms. The molecule has 0 fully saturated rings. The van der Waals surface area contributed by atoms with Gasteiger partial charge in [-0.05, 0) is 45.5 Å². The van der Waals surface area contributed by atoms with Crippen LogP contribution in [-0.4, -0.2) is 16.2 Å². The van der Waals surface area contributed by atoms with Crippen LogP contribution in [-0.2, 0) is 4.79 Å². The van der Waals surface area contributed by atoms with Gasteiger partial charge in [-0.25, -0.2) is 4.39 Å². The van der Waals surface area contributed by atoms with Gasteiger partial charge in [-0.1, -0.05) is 19.9 Å². The van der Waals surface area contributed by atoms with E-state index in [0.29, 0.717) is 12.0 Å². The molecule has 1 aromatic carbocycles. The predicted molar refractivity (Wildman–Crippen MR) is 69.7 cm³/mol. The molecular formula is C13H16BrFO3. The van der Waals surface area contributed by atoms with E-state index in [1.807, 2.05) is 0 Å². The van der Waals surface area contributed by atoms with Crippen LogP contribution in [0.4, 0.5) is 4.39 Å². The molecule has 2 N–H and O–H groups in total. The van der Waals surface area contributed by atoms with Gasteiger partial charge >= 0.3 is 5.97 Å². The van der Waals surface area contributed by atoms with E-state index < -0.39 is 23.3 Å². The van der Waals surface area contributed by atoms with Crippen molar-refractivity contribution in [3.63, 3.8) is 0 Å². The summed E-state index contributed by atoms with van der Waals surface area (Å²) in [7, 11) is 0. The highest BCUT2D eigenvalue weighted by Gasteiger charge is 2.26. The van der Waals surface area contributed by atoms with E-state index >= 15 is 0 Å². The van der Waals surface area contributed by atoms with Crippen LogP contribution in [0.15, 0.2) is 22.7 Å². The Morgan fingerprint density at radius 1 is 1.50 bits per heavy atom. The van der Waals surface area contributed by atoms with Crippen LogP contribution in [0, 0.1) is 11.2 Å². The summed E-state index contributed by atoms with van der Waals surface area (Å²) < 4.78 is 13.4. The molecule has 0 heterocycles. The minimum atomic E-state index is -0.896. The van der Waals surface area contributed by atoms with Crippen LogP contribution in [0.25, 0.3) is 0 Å². The Hall–Kier alpha value is -0.940. The van der Waals surface area contributed by atoms with E-state index in [-0.39, 0.29) is 10.9 Å². The van der Waals surface area contributed by atoms with Crippen molar-refractivity contribution in [3.8, 4) is 0 Å². The van der Waals surface area contributed by atoms with E-state index in [0.717, 1.165) is 0 Å². The monoisotopic (exact) mass is 318 g/mol. The molecule has 0 aromatic heterocycles. The maximum atomic E-state index is 13.1. The fourth-order valence-electron chi connectivity index (χ4n) is 1.84. The third kappa shape index (κ3) is 4.38. The Morgan fingerprint density at radius 3 is 2.61 bits per heavy atom. The molecule has 1 atom stereocenters. The van der Waals surface area contributed by atoms with Gasteiger partial charge in [-0.15, -0.1) is 0 Å². The van der Waals surface area contributed by atoms with Crippen LogP contribution < -0.4 is 0 Å². The first-order valence-electron chi connectivity index (χ1n) is 5.56. The van der Waals surface area contributed by atoms with Crippen molar-refractivity contribution in [2.75, 3.05) is 0 Å². The number of rotatable bonds is 5. The van der Waals surface area contributed by atoms with Gasteiger partial charge < -0.3 is 10.2 Å². The number of halogens is 2. The molecule has 1 unspecified atom stereocenters. The maximum absolute atomic E-state index is 13.1. The number of benzene rings is 1. The summed E-state index contributed by atoms with van der Waals surface area (Å²) in [5.74, 6) is -1.29. The molecule has 0 bridgehead atoms. The van der Waals surface area contributed by atoms with Crippen LogP contribution in [0.3, 0.4) is 0 Å². The molecule has 0 amide bonds. The Bertz CT molecular complexity index is 446. The normalized spacial score (nSPS) is 13.4. The Balaban J connectivity index is 2.78. The van der Waals surface area contributed by atoms with Crippen molar-refractivity contribution in [1.29, 1.82) is 0 Å². The van der Waals surface area contributed by atoms with Gasteiger partial charge in [0.1, 0.15) is 5.82 Å². The zero-order valence-corrected chi connectivity index (χ0v) is 11.9. The lowest BCUT2D eigenvalue weighted by Crippen LogP contribution is -2.20. The van der Waals surface area contributed by atoms with E-state index in [2.05, 4.69) is 15.9 Å². The average Bonchev–Trinajstić information content (AvgIpc) is 2.19. The second kappa shape index (κ2) is 5.80. The first-order valence-corrected chi connectivity index (χ1v) is 6.35. The third-order valence-electron chi connectivity index (χ3n) is 2.70. The lowest BCUT2D eigenvalue weighted by molar-refractivity contribution is -0.139. The van der Waals surface area contributed by atoms with Crippen LogP contribution in [0.2, 0.25) is 0 Å². The van der Waals surface area contributed by atoms with Crippen LogP contribution in [0.5, 0.6) is 0 Å². The first kappa shape index (κ1) is 15.1. The summed E-state index contributed by atoms with van der Waals surface area (Å²) in [5, 5.41) is 18.8. The van der Waals surface area contributed by atoms with Gasteiger partial charge in [-0.3, -0.25) is 4.79 Å². The SMILES string of the molecule is CC(C)(CC(=O)O)CC(O)c1ccc(F)c(Br)c1. The van der Waals surface area contributed by atoms with E-state index in [1.54, 1.807) is 13.8 Å². The quantitative estimate of drug-likeness (QED) is 0.873. The largest absolute Gasteiger partial charge is 0.481 e. The van der Waals surface area contributed by atoms with Gasteiger partial charge in [0.05, 0.1) is 17.0 Å². The Morgan fingerprint density at radius 2 is 2.11 bits per heavy atom. The topological polar surface area (TPSA) is 57.5 Å². The highest BCUT2D eigenvalue weighted by atomic mass is 79.9. The molecule has 1 aromatic rings. The number of carboxylic acid groups (broad SMARTS) is 1. The molecule has 1 rings (SSSR count). The van der Waals surface area contributed by atoms with Crippen LogP contribution in [0.1, 0.15) is 38.4 Å². The van der Waals surface area contributed by atoms with Gasteiger partial charge in [0.2, 0.25) is 0 Å². The highest BCUT2D eigenvalue weighted by Crippen LogP contribution is 2.33. The maximum Gasteiger partial charge on any atom is 0.303 e. The van der Waals surface area contributed by atoms with Crippen molar-refractivity contribution in [1.82, 2.24) is 0 Å². The second-order valence-corrected chi connectivity index (χ2v) is 5.98. The lowest BCUT2D eigenvalue weighted by atomic mass is 9.82. The summed E-state index contributed by atoms with van der Waals surface area (Å²) in [5.41, 5.74) is 0.0493. The van der Waals surface area contributed by atoms with Gasteiger partial charge in [0.15, 0.2) is 0 Å². The smallest absolute Gasteiger partial charge is 0.303 e. The molecule has 0 saturated carbocycles. The number of hydrogen-bond donors (Lipinski definition) is 2. The Labute approximate surface area is 114 Å². The van der Waals surface area contributed by atoms with Crippen molar-refractivity contribution in [3.05, 3.63) is 34.1 Å². The number of aliphatic hydroxyl groups excluding tert-OH is 1. The molecule has 18 heavy (non-hydrogen) atoms. The molecule has 5 heteroatoms. The van der Waals surface area contributed by atoms with Crippen LogP contribution >= 0.6 is 15.9 Å². The van der Waals surface area contributed by atoms with Gasteiger partial charge in [0.25, 0.3) is 0 Å². The summed E-state index contributed by atoms with van der Waals surface area (Å²) in [6.45, 7) is 3.56. The molecule has 3 nitrogen and oxygen atoms in total. The number of carbonyl (C=O) groups is 1. The number of aliphatic carboxylic acids is 1. The Kier molecular flexibility index (Phi) is 4.87. The zero-order valence-electron chi connectivity index (χ0n) is 10.3. The van der Waals surface area contributed by atoms with Crippen molar-refractivity contribution >= 4 is 21.9 Å². The fourth-order valence-corrected chi connectivity index (χ4v) is 2.24. The summed E-state index contributed by atoms with van der Waals surface area (Å²) in [4.78, 5) is 10.7. The lowest BCUT2D eigenvalue weighted by Gasteiger charge is -2.25. The average molecular weight is 319 g/mol. The molecule has 100 valence electrons. The zero-order chi connectivity index (χ0) is 13.9. The van der Waals surface area contributed by atoms with Gasteiger partial charge in [0, 0.05) is 0 Å². The van der Waals surface area contributed by atoms with Crippen molar-refractivity contribution in [2.45, 2.75) is 32.8 Å². The third-order valence-corrected chi connectivity index (χ3v) is 3.31. The van der Waals surface area contributed by atoms with Crippen molar-refractivity contribution in [2.24, 2.45) is 5.41 Å². The number of carboxylic acids is 1. The highest BCUT2D eigenvalue weighted by molar-refractivity contribution is 9.10. The fraction of sp³-hybridized carbons (Fsp3) is 0.462. The standard InChI is InChI=1S/C13H16BrFO3/c1-13(2,7-12(17)18)6-11(16)8-3-4-10(15)9(14)5-8/h3-5,11,16H,6-7H2,1-2H3,(H,17,18). The second-order valence-electron chi connectivity index (χ2n) is 5.13. The van der Waals surface area contributed by atoms with E-state index in [9.17, 15) is 14.3 Å². The minimum Gasteiger partial charge on any atom is -0.481 e. The molecule has 0 radical (unpaired) electrons.